The van der Waals surface area contributed by atoms with Gasteiger partial charge in [0.2, 0.25) is 5.91 Å². The van der Waals surface area contributed by atoms with E-state index in [4.69, 9.17) is 21.4 Å². The fourth-order valence-corrected chi connectivity index (χ4v) is 4.31. The second kappa shape index (κ2) is 8.15. The molecule has 5 nitrogen and oxygen atoms in total. The Bertz CT molecular complexity index is 639. The molecule has 0 bridgehead atoms. The van der Waals surface area contributed by atoms with E-state index < -0.39 is 5.60 Å². The van der Waals surface area contributed by atoms with E-state index in [-0.39, 0.29) is 31.1 Å². The fourth-order valence-electron chi connectivity index (χ4n) is 4.06. The van der Waals surface area contributed by atoms with Gasteiger partial charge in [0.05, 0.1) is 12.2 Å². The van der Waals surface area contributed by atoms with Crippen LogP contribution in [0, 0.1) is 5.92 Å². The largest absolute Gasteiger partial charge is 0.491 e. The highest BCUT2D eigenvalue weighted by molar-refractivity contribution is 6.31. The standard InChI is InChI=1S/C20H28ClNO4/c1-20(25)7-4-16(5-8-20)22-9-6-15(19(22)24)12-14-2-3-17(13-18(14)21)26-11-10-23/h2-3,13,15-16,23,25H,4-12H2,1H3. The Morgan fingerprint density at radius 1 is 1.31 bits per heavy atom. The van der Waals surface area contributed by atoms with Crippen molar-refractivity contribution in [3.8, 4) is 5.75 Å². The molecule has 0 aromatic heterocycles. The number of carbonyl (C=O) groups is 1. The molecule has 1 amide bonds. The molecule has 144 valence electrons. The summed E-state index contributed by atoms with van der Waals surface area (Å²) in [6.07, 6.45) is 4.76. The van der Waals surface area contributed by atoms with Crippen molar-refractivity contribution in [1.29, 1.82) is 0 Å². The van der Waals surface area contributed by atoms with Crippen LogP contribution in [0.4, 0.5) is 0 Å². The molecule has 26 heavy (non-hydrogen) atoms. The lowest BCUT2D eigenvalue weighted by atomic mass is 9.83. The van der Waals surface area contributed by atoms with Gasteiger partial charge in [-0.2, -0.15) is 0 Å². The van der Waals surface area contributed by atoms with E-state index in [9.17, 15) is 9.90 Å². The van der Waals surface area contributed by atoms with Crippen molar-refractivity contribution in [2.45, 2.75) is 57.1 Å². The minimum atomic E-state index is -0.577. The maximum Gasteiger partial charge on any atom is 0.226 e. The van der Waals surface area contributed by atoms with Crippen molar-refractivity contribution >= 4 is 17.5 Å². The third-order valence-corrected chi connectivity index (χ3v) is 6.03. The number of hydrogen-bond acceptors (Lipinski definition) is 4. The summed E-state index contributed by atoms with van der Waals surface area (Å²) in [4.78, 5) is 14.9. The first-order valence-electron chi connectivity index (χ1n) is 9.44. The lowest BCUT2D eigenvalue weighted by molar-refractivity contribution is -0.134. The highest BCUT2D eigenvalue weighted by atomic mass is 35.5. The molecule has 1 unspecified atom stereocenters. The van der Waals surface area contributed by atoms with Crippen molar-refractivity contribution in [1.82, 2.24) is 4.90 Å². The zero-order valence-electron chi connectivity index (χ0n) is 15.3. The van der Waals surface area contributed by atoms with Gasteiger partial charge in [0, 0.05) is 23.5 Å². The molecule has 1 atom stereocenters. The number of rotatable bonds is 6. The highest BCUT2D eigenvalue weighted by Crippen LogP contribution is 2.35. The van der Waals surface area contributed by atoms with Crippen LogP contribution in [-0.4, -0.2) is 52.4 Å². The Labute approximate surface area is 159 Å². The number of benzene rings is 1. The van der Waals surface area contributed by atoms with Gasteiger partial charge in [0.15, 0.2) is 0 Å². The van der Waals surface area contributed by atoms with Crippen LogP contribution in [-0.2, 0) is 11.2 Å². The fraction of sp³-hybridized carbons (Fsp3) is 0.650. The average molecular weight is 382 g/mol. The second-order valence-corrected chi connectivity index (χ2v) is 8.18. The van der Waals surface area contributed by atoms with E-state index in [2.05, 4.69) is 0 Å². The van der Waals surface area contributed by atoms with E-state index in [0.717, 1.165) is 44.2 Å². The smallest absolute Gasteiger partial charge is 0.226 e. The first kappa shape index (κ1) is 19.5. The third-order valence-electron chi connectivity index (χ3n) is 5.67. The average Bonchev–Trinajstić information content (AvgIpc) is 2.96. The third kappa shape index (κ3) is 4.51. The van der Waals surface area contributed by atoms with Gasteiger partial charge in [-0.15, -0.1) is 0 Å². The SMILES string of the molecule is CC1(O)CCC(N2CCC(Cc3ccc(OCCO)cc3Cl)C2=O)CC1. The van der Waals surface area contributed by atoms with Gasteiger partial charge in [-0.05, 0) is 63.1 Å². The number of aliphatic hydroxyl groups excluding tert-OH is 1. The molecule has 0 radical (unpaired) electrons. The van der Waals surface area contributed by atoms with Crippen molar-refractivity contribution in [2.75, 3.05) is 19.8 Å². The minimum absolute atomic E-state index is 0.0286. The van der Waals surface area contributed by atoms with Crippen LogP contribution >= 0.6 is 11.6 Å². The van der Waals surface area contributed by atoms with Gasteiger partial charge in [0.1, 0.15) is 12.4 Å². The number of amides is 1. The second-order valence-electron chi connectivity index (χ2n) is 7.77. The van der Waals surface area contributed by atoms with E-state index in [1.807, 2.05) is 24.0 Å². The molecule has 1 heterocycles. The quantitative estimate of drug-likeness (QED) is 0.795. The summed E-state index contributed by atoms with van der Waals surface area (Å²) < 4.78 is 5.37. The molecule has 1 aliphatic carbocycles. The van der Waals surface area contributed by atoms with Crippen molar-refractivity contribution < 1.29 is 19.7 Å². The van der Waals surface area contributed by atoms with Gasteiger partial charge in [-0.1, -0.05) is 17.7 Å². The van der Waals surface area contributed by atoms with Crippen LogP contribution in [0.1, 0.15) is 44.6 Å². The molecule has 1 aliphatic heterocycles. The summed E-state index contributed by atoms with van der Waals surface area (Å²) in [5, 5.41) is 19.5. The molecule has 2 fully saturated rings. The molecular weight excluding hydrogens is 354 g/mol. The monoisotopic (exact) mass is 381 g/mol. The number of aliphatic hydroxyl groups is 2. The number of hydrogen-bond donors (Lipinski definition) is 2. The van der Waals surface area contributed by atoms with E-state index in [1.54, 1.807) is 6.07 Å². The first-order valence-corrected chi connectivity index (χ1v) is 9.82. The molecule has 0 spiro atoms. The molecule has 1 aromatic rings. The highest BCUT2D eigenvalue weighted by Gasteiger charge is 2.39. The van der Waals surface area contributed by atoms with Gasteiger partial charge >= 0.3 is 0 Å². The molecule has 2 N–H and O–H groups in total. The molecule has 1 saturated carbocycles. The maximum absolute atomic E-state index is 12.9. The Hall–Kier alpha value is -1.30. The number of carbonyl (C=O) groups excluding carboxylic acids is 1. The van der Waals surface area contributed by atoms with Crippen molar-refractivity contribution in [3.05, 3.63) is 28.8 Å². The van der Waals surface area contributed by atoms with E-state index in [1.165, 1.54) is 0 Å². The lowest BCUT2D eigenvalue weighted by Gasteiger charge is -2.37. The number of ether oxygens (including phenoxy) is 1. The van der Waals surface area contributed by atoms with Crippen molar-refractivity contribution in [2.24, 2.45) is 5.92 Å². The topological polar surface area (TPSA) is 70.0 Å². The number of likely N-dealkylation sites (tertiary alicyclic amines) is 1. The Kier molecular flexibility index (Phi) is 6.10. The van der Waals surface area contributed by atoms with Crippen LogP contribution in [0.5, 0.6) is 5.75 Å². The first-order chi connectivity index (χ1) is 12.4. The van der Waals surface area contributed by atoms with Crippen LogP contribution in [0.2, 0.25) is 5.02 Å². The summed E-state index contributed by atoms with van der Waals surface area (Å²) in [7, 11) is 0. The summed E-state index contributed by atoms with van der Waals surface area (Å²) in [6, 6.07) is 5.74. The molecule has 1 aromatic carbocycles. The Balaban J connectivity index is 1.59. The number of halogens is 1. The predicted molar refractivity (Wildman–Crippen MR) is 100 cm³/mol. The van der Waals surface area contributed by atoms with Gasteiger partial charge < -0.3 is 19.8 Å². The van der Waals surface area contributed by atoms with Crippen LogP contribution in [0.15, 0.2) is 18.2 Å². The van der Waals surface area contributed by atoms with Crippen LogP contribution < -0.4 is 4.74 Å². The predicted octanol–water partition coefficient (Wildman–Crippen LogP) is 2.80. The van der Waals surface area contributed by atoms with Crippen LogP contribution in [0.3, 0.4) is 0 Å². The Morgan fingerprint density at radius 2 is 2.04 bits per heavy atom. The molecular formula is C20H28ClNO4. The van der Waals surface area contributed by atoms with Gasteiger partial charge in [-0.25, -0.2) is 0 Å². The number of nitrogens with zero attached hydrogens (tertiary/aromatic N) is 1. The molecule has 3 rings (SSSR count). The molecule has 6 heteroatoms. The van der Waals surface area contributed by atoms with E-state index >= 15 is 0 Å². The Morgan fingerprint density at radius 3 is 2.69 bits per heavy atom. The lowest BCUT2D eigenvalue weighted by Crippen LogP contribution is -2.43. The summed E-state index contributed by atoms with van der Waals surface area (Å²) in [6.45, 7) is 2.88. The minimum Gasteiger partial charge on any atom is -0.491 e. The van der Waals surface area contributed by atoms with Crippen LogP contribution in [0.25, 0.3) is 0 Å². The molecule has 2 aliphatic rings. The normalized spacial score (nSPS) is 29.2. The maximum atomic E-state index is 12.9. The zero-order chi connectivity index (χ0) is 18.7. The summed E-state index contributed by atoms with van der Waals surface area (Å²) in [5.41, 5.74) is 0.376. The van der Waals surface area contributed by atoms with Gasteiger partial charge in [-0.3, -0.25) is 4.79 Å². The zero-order valence-corrected chi connectivity index (χ0v) is 16.0. The molecule has 1 saturated heterocycles. The van der Waals surface area contributed by atoms with Crippen molar-refractivity contribution in [3.63, 3.8) is 0 Å². The summed E-state index contributed by atoms with van der Waals surface area (Å²) in [5.74, 6) is 0.814. The van der Waals surface area contributed by atoms with E-state index in [0.29, 0.717) is 17.2 Å². The summed E-state index contributed by atoms with van der Waals surface area (Å²) >= 11 is 6.36. The van der Waals surface area contributed by atoms with Gasteiger partial charge in [0.25, 0.3) is 0 Å².